The van der Waals surface area contributed by atoms with Crippen molar-refractivity contribution in [2.75, 3.05) is 0 Å². The Morgan fingerprint density at radius 2 is 1.09 bits per heavy atom. The molecule has 0 N–H and O–H groups in total. The highest BCUT2D eigenvalue weighted by atomic mass is 14.1. The summed E-state index contributed by atoms with van der Waals surface area (Å²) in [5.41, 5.74) is 0. The highest BCUT2D eigenvalue weighted by Crippen LogP contribution is 2.17. The predicted octanol–water partition coefficient (Wildman–Crippen LogP) is 4.49. The lowest BCUT2D eigenvalue weighted by Gasteiger charge is -2.15. The summed E-state index contributed by atoms with van der Waals surface area (Å²) in [5, 5.41) is 0. The van der Waals surface area contributed by atoms with E-state index >= 15 is 0 Å². The fourth-order valence-corrected chi connectivity index (χ4v) is 1.23. The van der Waals surface area contributed by atoms with Crippen molar-refractivity contribution in [1.29, 1.82) is 0 Å². The third-order valence-electron chi connectivity index (χ3n) is 1.99. The Kier molecular flexibility index (Phi) is 12.3. The molecule has 0 aromatic heterocycles. The van der Waals surface area contributed by atoms with E-state index in [4.69, 9.17) is 0 Å². The van der Waals surface area contributed by atoms with Gasteiger partial charge < -0.3 is 0 Å². The Labute approximate surface area is 73.4 Å². The molecule has 0 unspecified atom stereocenters. The van der Waals surface area contributed by atoms with Gasteiger partial charge in [-0.1, -0.05) is 60.8 Å². The average molecular weight is 158 g/mol. The van der Waals surface area contributed by atoms with Crippen molar-refractivity contribution in [3.63, 3.8) is 0 Å². The van der Waals surface area contributed by atoms with Crippen molar-refractivity contribution in [1.82, 2.24) is 0 Å². The van der Waals surface area contributed by atoms with Gasteiger partial charge in [0.15, 0.2) is 0 Å². The maximum absolute atomic E-state index is 2.30. The third kappa shape index (κ3) is 10.0. The molecule has 0 aromatic rings. The maximum atomic E-state index is 2.30. The van der Waals surface area contributed by atoms with Crippen LogP contribution in [-0.2, 0) is 0 Å². The van der Waals surface area contributed by atoms with E-state index in [0.29, 0.717) is 0 Å². The van der Waals surface area contributed by atoms with E-state index in [9.17, 15) is 0 Å². The van der Waals surface area contributed by atoms with Crippen molar-refractivity contribution in [2.45, 2.75) is 60.8 Å². The first kappa shape index (κ1) is 13.6. The van der Waals surface area contributed by atoms with Crippen molar-refractivity contribution in [2.24, 2.45) is 11.8 Å². The van der Waals surface area contributed by atoms with Crippen LogP contribution in [0.3, 0.4) is 0 Å². The van der Waals surface area contributed by atoms with E-state index < -0.39 is 0 Å². The molecule has 0 heterocycles. The lowest BCUT2D eigenvalue weighted by Crippen LogP contribution is -2.04. The molecule has 11 heavy (non-hydrogen) atoms. The molecular weight excluding hydrogens is 132 g/mol. The standard InChI is InChI=1S/C8H18.C3H8/c1-5-8(6-2)7(3)4;1-3-2/h7-8H,5-6H2,1-4H3;3H2,1-2H3. The van der Waals surface area contributed by atoms with Crippen LogP contribution in [0.25, 0.3) is 0 Å². The number of hydrogen-bond acceptors (Lipinski definition) is 0. The second-order valence-electron chi connectivity index (χ2n) is 3.53. The van der Waals surface area contributed by atoms with Gasteiger partial charge in [-0.15, -0.1) is 0 Å². The minimum Gasteiger partial charge on any atom is -0.0656 e. The van der Waals surface area contributed by atoms with Gasteiger partial charge in [0, 0.05) is 0 Å². The predicted molar refractivity (Wildman–Crippen MR) is 54.9 cm³/mol. The normalized spacial score (nSPS) is 9.82. The molecule has 0 saturated carbocycles. The molecular formula is C11H26. The lowest BCUT2D eigenvalue weighted by molar-refractivity contribution is 0.362. The molecule has 0 aliphatic carbocycles. The Morgan fingerprint density at radius 3 is 1.09 bits per heavy atom. The van der Waals surface area contributed by atoms with Crippen LogP contribution < -0.4 is 0 Å². The van der Waals surface area contributed by atoms with Crippen LogP contribution in [0, 0.1) is 11.8 Å². The summed E-state index contributed by atoms with van der Waals surface area (Å²) in [5.74, 6) is 1.83. The molecule has 0 fully saturated rings. The summed E-state index contributed by atoms with van der Waals surface area (Å²) in [6.07, 6.45) is 3.93. The zero-order chi connectivity index (χ0) is 9.28. The first-order valence-corrected chi connectivity index (χ1v) is 5.13. The van der Waals surface area contributed by atoms with E-state index in [2.05, 4.69) is 41.5 Å². The van der Waals surface area contributed by atoms with Crippen molar-refractivity contribution in [3.05, 3.63) is 0 Å². The minimum absolute atomic E-state index is 0.880. The van der Waals surface area contributed by atoms with Crippen molar-refractivity contribution in [3.8, 4) is 0 Å². The van der Waals surface area contributed by atoms with Gasteiger partial charge in [-0.05, 0) is 11.8 Å². The molecule has 0 aromatic carbocycles. The average Bonchev–Trinajstić information content (AvgIpc) is 1.91. The van der Waals surface area contributed by atoms with Gasteiger partial charge in [0.1, 0.15) is 0 Å². The van der Waals surface area contributed by atoms with Crippen molar-refractivity contribution < 1.29 is 0 Å². The van der Waals surface area contributed by atoms with Crippen LogP contribution in [0.5, 0.6) is 0 Å². The molecule has 0 bridgehead atoms. The summed E-state index contributed by atoms with van der Waals surface area (Å²) >= 11 is 0. The summed E-state index contributed by atoms with van der Waals surface area (Å²) in [6, 6.07) is 0. The summed E-state index contributed by atoms with van der Waals surface area (Å²) in [7, 11) is 0. The molecule has 0 aliphatic rings. The third-order valence-corrected chi connectivity index (χ3v) is 1.99. The molecule has 0 radical (unpaired) electrons. The Bertz CT molecular complexity index is 51.1. The first-order valence-electron chi connectivity index (χ1n) is 5.13. The molecule has 70 valence electrons. The lowest BCUT2D eigenvalue weighted by atomic mass is 9.91. The molecule has 0 rings (SSSR count). The van der Waals surface area contributed by atoms with Crippen LogP contribution in [-0.4, -0.2) is 0 Å². The molecule has 0 saturated heterocycles. The van der Waals surface area contributed by atoms with E-state index in [1.54, 1.807) is 0 Å². The fourth-order valence-electron chi connectivity index (χ4n) is 1.23. The summed E-state index contributed by atoms with van der Waals surface area (Å²) in [4.78, 5) is 0. The van der Waals surface area contributed by atoms with Crippen LogP contribution >= 0.6 is 0 Å². The zero-order valence-electron chi connectivity index (χ0n) is 9.28. The topological polar surface area (TPSA) is 0 Å². The first-order chi connectivity index (χ1) is 5.13. The second-order valence-corrected chi connectivity index (χ2v) is 3.53. The van der Waals surface area contributed by atoms with Crippen LogP contribution in [0.2, 0.25) is 0 Å². The monoisotopic (exact) mass is 158 g/mol. The molecule has 0 heteroatoms. The smallest absolute Gasteiger partial charge is 0.0396 e. The van der Waals surface area contributed by atoms with Gasteiger partial charge in [-0.2, -0.15) is 0 Å². The maximum Gasteiger partial charge on any atom is -0.0396 e. The molecule has 0 aliphatic heterocycles. The van der Waals surface area contributed by atoms with Crippen molar-refractivity contribution >= 4 is 0 Å². The summed E-state index contributed by atoms with van der Waals surface area (Å²) in [6.45, 7) is 13.4. The van der Waals surface area contributed by atoms with Gasteiger partial charge in [-0.25, -0.2) is 0 Å². The van der Waals surface area contributed by atoms with E-state index in [-0.39, 0.29) is 0 Å². The Balaban J connectivity index is 0. The summed E-state index contributed by atoms with van der Waals surface area (Å²) < 4.78 is 0. The largest absolute Gasteiger partial charge is 0.0656 e. The molecule has 0 amide bonds. The van der Waals surface area contributed by atoms with Crippen LogP contribution in [0.1, 0.15) is 60.8 Å². The van der Waals surface area contributed by atoms with Gasteiger partial charge in [0.2, 0.25) is 0 Å². The quantitative estimate of drug-likeness (QED) is 0.567. The highest BCUT2D eigenvalue weighted by molar-refractivity contribution is 4.57. The second kappa shape index (κ2) is 10.0. The van der Waals surface area contributed by atoms with Crippen LogP contribution in [0.15, 0.2) is 0 Å². The zero-order valence-corrected chi connectivity index (χ0v) is 9.28. The fraction of sp³-hybridized carbons (Fsp3) is 1.00. The van der Waals surface area contributed by atoms with Gasteiger partial charge in [0.05, 0.1) is 0 Å². The Morgan fingerprint density at radius 1 is 0.818 bits per heavy atom. The Hall–Kier alpha value is 0. The van der Waals surface area contributed by atoms with Crippen LogP contribution in [0.4, 0.5) is 0 Å². The van der Waals surface area contributed by atoms with E-state index in [1.807, 2.05) is 0 Å². The van der Waals surface area contributed by atoms with Gasteiger partial charge in [-0.3, -0.25) is 0 Å². The van der Waals surface area contributed by atoms with Gasteiger partial charge in [0.25, 0.3) is 0 Å². The SMILES string of the molecule is CCC.CCC(CC)C(C)C. The molecule has 0 nitrogen and oxygen atoms in total. The number of rotatable bonds is 3. The van der Waals surface area contributed by atoms with E-state index in [1.165, 1.54) is 19.3 Å². The van der Waals surface area contributed by atoms with E-state index in [0.717, 1.165) is 11.8 Å². The number of hydrogen-bond donors (Lipinski definition) is 0. The highest BCUT2D eigenvalue weighted by Gasteiger charge is 2.06. The molecule has 0 spiro atoms. The minimum atomic E-state index is 0.880. The van der Waals surface area contributed by atoms with Gasteiger partial charge >= 0.3 is 0 Å². The molecule has 0 atom stereocenters.